The zero-order chi connectivity index (χ0) is 18.2. The number of para-hydroxylation sites is 1. The van der Waals surface area contributed by atoms with E-state index in [1.165, 1.54) is 0 Å². The Morgan fingerprint density at radius 3 is 2.56 bits per heavy atom. The maximum absolute atomic E-state index is 12.5. The van der Waals surface area contributed by atoms with Gasteiger partial charge >= 0.3 is 0 Å². The van der Waals surface area contributed by atoms with Crippen molar-refractivity contribution < 1.29 is 4.79 Å². The van der Waals surface area contributed by atoms with Crippen LogP contribution >= 0.6 is 0 Å². The van der Waals surface area contributed by atoms with Crippen LogP contribution in [0.25, 0.3) is 0 Å². The molecule has 25 heavy (non-hydrogen) atoms. The molecule has 0 bridgehead atoms. The number of nitrogens with zero attached hydrogens (tertiary/aromatic N) is 2. The summed E-state index contributed by atoms with van der Waals surface area (Å²) in [6.45, 7) is 6.12. The molecular formula is C20H28N4O. The van der Waals surface area contributed by atoms with Crippen molar-refractivity contribution in [3.05, 3.63) is 53.7 Å². The second kappa shape index (κ2) is 9.18. The third-order valence-electron chi connectivity index (χ3n) is 3.94. The second-order valence-corrected chi connectivity index (χ2v) is 6.71. The monoisotopic (exact) mass is 340 g/mol. The van der Waals surface area contributed by atoms with E-state index in [0.29, 0.717) is 11.5 Å². The molecule has 0 atom stereocenters. The topological polar surface area (TPSA) is 57.3 Å². The summed E-state index contributed by atoms with van der Waals surface area (Å²) in [5, 5.41) is 6.26. The number of rotatable bonds is 8. The van der Waals surface area contributed by atoms with Crippen molar-refractivity contribution in [2.75, 3.05) is 37.8 Å². The van der Waals surface area contributed by atoms with Crippen LogP contribution in [0.1, 0.15) is 42.1 Å². The molecule has 0 aliphatic carbocycles. The Morgan fingerprint density at radius 1 is 1.16 bits per heavy atom. The Labute approximate surface area is 150 Å². The molecular weight excluding hydrogens is 312 g/mol. The van der Waals surface area contributed by atoms with Crippen LogP contribution in [0.5, 0.6) is 0 Å². The van der Waals surface area contributed by atoms with Crippen LogP contribution in [0, 0.1) is 0 Å². The van der Waals surface area contributed by atoms with Crippen molar-refractivity contribution in [3.63, 3.8) is 0 Å². The number of carbonyl (C=O) groups excluding carboxylic acids is 1. The molecule has 2 aromatic rings. The number of carbonyl (C=O) groups is 1. The second-order valence-electron chi connectivity index (χ2n) is 6.71. The molecule has 0 spiro atoms. The van der Waals surface area contributed by atoms with E-state index in [0.717, 1.165) is 36.6 Å². The largest absolute Gasteiger partial charge is 0.370 e. The number of anilines is 2. The van der Waals surface area contributed by atoms with Crippen molar-refractivity contribution in [1.82, 2.24) is 9.88 Å². The predicted molar refractivity (Wildman–Crippen MR) is 104 cm³/mol. The average molecular weight is 340 g/mol. The van der Waals surface area contributed by atoms with Crippen molar-refractivity contribution in [3.8, 4) is 0 Å². The van der Waals surface area contributed by atoms with Crippen molar-refractivity contribution >= 4 is 17.4 Å². The van der Waals surface area contributed by atoms with Gasteiger partial charge in [0.1, 0.15) is 5.82 Å². The fourth-order valence-electron chi connectivity index (χ4n) is 2.55. The normalized spacial score (nSPS) is 11.0. The first kappa shape index (κ1) is 18.9. The van der Waals surface area contributed by atoms with Gasteiger partial charge in [0.2, 0.25) is 0 Å². The lowest BCUT2D eigenvalue weighted by Crippen LogP contribution is -2.17. The summed E-state index contributed by atoms with van der Waals surface area (Å²) in [6.07, 6.45) is 2.66. The number of pyridine rings is 1. The molecule has 134 valence electrons. The maximum Gasteiger partial charge on any atom is 0.257 e. The molecule has 0 saturated heterocycles. The summed E-state index contributed by atoms with van der Waals surface area (Å²) in [6, 6.07) is 11.5. The maximum atomic E-state index is 12.5. The Kier molecular flexibility index (Phi) is 6.95. The standard InChI is InChI=1S/C20H28N4O/c1-15(2)17-8-5-6-9-18(17)23-20(25)16-10-11-19(22-14-16)21-12-7-13-24(3)4/h5-6,8-11,14-15H,7,12-13H2,1-4H3,(H,21,22)(H,23,25). The van der Waals surface area contributed by atoms with Gasteiger partial charge in [0.05, 0.1) is 5.56 Å². The zero-order valence-corrected chi connectivity index (χ0v) is 15.5. The molecule has 5 heteroatoms. The van der Waals surface area contributed by atoms with E-state index in [1.807, 2.05) is 30.3 Å². The summed E-state index contributed by atoms with van der Waals surface area (Å²) >= 11 is 0. The smallest absolute Gasteiger partial charge is 0.257 e. The van der Waals surface area contributed by atoms with Gasteiger partial charge < -0.3 is 15.5 Å². The quantitative estimate of drug-likeness (QED) is 0.717. The number of benzene rings is 1. The highest BCUT2D eigenvalue weighted by atomic mass is 16.1. The number of hydrogen-bond acceptors (Lipinski definition) is 4. The highest BCUT2D eigenvalue weighted by molar-refractivity contribution is 6.04. The van der Waals surface area contributed by atoms with Crippen LogP contribution in [0.2, 0.25) is 0 Å². The minimum Gasteiger partial charge on any atom is -0.370 e. The molecule has 0 saturated carbocycles. The SMILES string of the molecule is CC(C)c1ccccc1NC(=O)c1ccc(NCCCN(C)C)nc1. The Morgan fingerprint density at radius 2 is 1.92 bits per heavy atom. The van der Waals surface area contributed by atoms with E-state index in [-0.39, 0.29) is 5.91 Å². The van der Waals surface area contributed by atoms with E-state index in [1.54, 1.807) is 12.3 Å². The molecule has 0 fully saturated rings. The summed E-state index contributed by atoms with van der Waals surface area (Å²) < 4.78 is 0. The molecule has 2 rings (SSSR count). The molecule has 1 amide bonds. The van der Waals surface area contributed by atoms with Gasteiger partial charge in [-0.3, -0.25) is 4.79 Å². The van der Waals surface area contributed by atoms with Crippen LogP contribution in [-0.4, -0.2) is 43.0 Å². The molecule has 0 unspecified atom stereocenters. The van der Waals surface area contributed by atoms with Crippen LogP contribution < -0.4 is 10.6 Å². The van der Waals surface area contributed by atoms with Gasteiger partial charge in [-0.25, -0.2) is 4.98 Å². The van der Waals surface area contributed by atoms with Crippen molar-refractivity contribution in [2.24, 2.45) is 0 Å². The number of amides is 1. The predicted octanol–water partition coefficient (Wildman–Crippen LogP) is 3.82. The minimum atomic E-state index is -0.139. The Balaban J connectivity index is 1.94. The molecule has 0 aliphatic heterocycles. The first-order chi connectivity index (χ1) is 12.0. The van der Waals surface area contributed by atoms with Gasteiger partial charge in [0, 0.05) is 18.4 Å². The molecule has 1 heterocycles. The first-order valence-corrected chi connectivity index (χ1v) is 8.72. The van der Waals surface area contributed by atoms with E-state index >= 15 is 0 Å². The van der Waals surface area contributed by atoms with E-state index < -0.39 is 0 Å². The van der Waals surface area contributed by atoms with Crippen molar-refractivity contribution in [1.29, 1.82) is 0 Å². The minimum absolute atomic E-state index is 0.139. The van der Waals surface area contributed by atoms with Crippen LogP contribution in [0.3, 0.4) is 0 Å². The fraction of sp³-hybridized carbons (Fsp3) is 0.400. The van der Waals surface area contributed by atoms with E-state index in [9.17, 15) is 4.79 Å². The number of nitrogens with one attached hydrogen (secondary N) is 2. The van der Waals surface area contributed by atoms with E-state index in [2.05, 4.69) is 48.5 Å². The zero-order valence-electron chi connectivity index (χ0n) is 15.5. The van der Waals surface area contributed by atoms with Gasteiger partial charge in [-0.05, 0) is 56.7 Å². The summed E-state index contributed by atoms with van der Waals surface area (Å²) in [5.41, 5.74) is 2.54. The van der Waals surface area contributed by atoms with Gasteiger partial charge in [0.15, 0.2) is 0 Å². The van der Waals surface area contributed by atoms with Gasteiger partial charge in [-0.15, -0.1) is 0 Å². The summed E-state index contributed by atoms with van der Waals surface area (Å²) in [4.78, 5) is 18.9. The Bertz CT molecular complexity index is 680. The molecule has 1 aromatic heterocycles. The molecule has 0 radical (unpaired) electrons. The van der Waals surface area contributed by atoms with Crippen LogP contribution in [-0.2, 0) is 0 Å². The molecule has 0 aliphatic rings. The third-order valence-corrected chi connectivity index (χ3v) is 3.94. The highest BCUT2D eigenvalue weighted by Gasteiger charge is 2.11. The van der Waals surface area contributed by atoms with Crippen LogP contribution in [0.15, 0.2) is 42.6 Å². The van der Waals surface area contributed by atoms with Crippen molar-refractivity contribution in [2.45, 2.75) is 26.2 Å². The summed E-state index contributed by atoms with van der Waals surface area (Å²) in [5.74, 6) is 1.00. The lowest BCUT2D eigenvalue weighted by Gasteiger charge is -2.14. The van der Waals surface area contributed by atoms with Gasteiger partial charge in [-0.1, -0.05) is 32.0 Å². The third kappa shape index (κ3) is 5.87. The van der Waals surface area contributed by atoms with E-state index in [4.69, 9.17) is 0 Å². The number of aromatic nitrogens is 1. The number of hydrogen-bond donors (Lipinski definition) is 2. The van der Waals surface area contributed by atoms with Gasteiger partial charge in [0.25, 0.3) is 5.91 Å². The fourth-order valence-corrected chi connectivity index (χ4v) is 2.55. The highest BCUT2D eigenvalue weighted by Crippen LogP contribution is 2.24. The lowest BCUT2D eigenvalue weighted by atomic mass is 10.0. The summed E-state index contributed by atoms with van der Waals surface area (Å²) in [7, 11) is 4.12. The molecule has 5 nitrogen and oxygen atoms in total. The Hall–Kier alpha value is -2.40. The van der Waals surface area contributed by atoms with Gasteiger partial charge in [-0.2, -0.15) is 0 Å². The van der Waals surface area contributed by atoms with Crippen LogP contribution in [0.4, 0.5) is 11.5 Å². The molecule has 1 aromatic carbocycles. The molecule has 2 N–H and O–H groups in total. The first-order valence-electron chi connectivity index (χ1n) is 8.72. The lowest BCUT2D eigenvalue weighted by molar-refractivity contribution is 0.102. The average Bonchev–Trinajstić information content (AvgIpc) is 2.59.